The molecule has 4 nitrogen and oxygen atoms in total. The number of carbonyl (C=O) groups excluding carboxylic acids is 1. The van der Waals surface area contributed by atoms with Crippen molar-refractivity contribution in [2.45, 2.75) is 25.7 Å². The molecule has 0 aliphatic carbocycles. The molecule has 1 aromatic carbocycles. The van der Waals surface area contributed by atoms with Crippen LogP contribution in [0.4, 0.5) is 5.69 Å². The second kappa shape index (κ2) is 7.88. The number of nitrogens with zero attached hydrogens (tertiary/aromatic N) is 2. The van der Waals surface area contributed by atoms with E-state index >= 15 is 0 Å². The Bertz CT molecular complexity index is 636. The predicted octanol–water partition coefficient (Wildman–Crippen LogP) is 2.90. The van der Waals surface area contributed by atoms with E-state index < -0.39 is 0 Å². The highest BCUT2D eigenvalue weighted by molar-refractivity contribution is 5.92. The zero-order chi connectivity index (χ0) is 15.9. The molecule has 1 amide bonds. The van der Waals surface area contributed by atoms with Crippen molar-refractivity contribution >= 4 is 11.6 Å². The molecule has 1 aromatic heterocycles. The van der Waals surface area contributed by atoms with Gasteiger partial charge in [0.25, 0.3) is 0 Å². The number of aromatic nitrogens is 1. The molecule has 0 saturated carbocycles. The summed E-state index contributed by atoms with van der Waals surface area (Å²) in [5.74, 6) is -0.00491. The van der Waals surface area contributed by atoms with Gasteiger partial charge in [-0.15, -0.1) is 0 Å². The third-order valence-electron chi connectivity index (χ3n) is 4.21. The van der Waals surface area contributed by atoms with E-state index in [0.29, 0.717) is 6.42 Å². The van der Waals surface area contributed by atoms with Crippen molar-refractivity contribution in [1.29, 1.82) is 0 Å². The van der Waals surface area contributed by atoms with Crippen LogP contribution in [0.3, 0.4) is 0 Å². The third kappa shape index (κ3) is 4.89. The average Bonchev–Trinajstić information content (AvgIpc) is 3.07. The maximum Gasteiger partial charge on any atom is 0.228 e. The molecule has 23 heavy (non-hydrogen) atoms. The maximum absolute atomic E-state index is 12.1. The molecule has 0 radical (unpaired) electrons. The van der Waals surface area contributed by atoms with Gasteiger partial charge in [-0.3, -0.25) is 9.78 Å². The lowest BCUT2D eigenvalue weighted by Gasteiger charge is -2.14. The highest BCUT2D eigenvalue weighted by Gasteiger charge is 2.11. The van der Waals surface area contributed by atoms with Crippen LogP contribution in [0.15, 0.2) is 48.8 Å². The molecule has 1 fully saturated rings. The van der Waals surface area contributed by atoms with E-state index in [1.807, 2.05) is 24.3 Å². The normalized spacial score (nSPS) is 14.8. The van der Waals surface area contributed by atoms with E-state index in [2.05, 4.69) is 27.3 Å². The second-order valence-electron chi connectivity index (χ2n) is 6.09. The number of anilines is 1. The van der Waals surface area contributed by atoms with Crippen LogP contribution < -0.4 is 5.32 Å². The van der Waals surface area contributed by atoms with E-state index in [1.54, 1.807) is 12.4 Å². The average molecular weight is 309 g/mol. The molecule has 1 saturated heterocycles. The minimum atomic E-state index is -0.00491. The van der Waals surface area contributed by atoms with Gasteiger partial charge in [0.1, 0.15) is 0 Å². The minimum Gasteiger partial charge on any atom is -0.326 e. The predicted molar refractivity (Wildman–Crippen MR) is 92.4 cm³/mol. The molecule has 1 N–H and O–H groups in total. The van der Waals surface area contributed by atoms with E-state index in [1.165, 1.54) is 31.5 Å². The van der Waals surface area contributed by atoms with Crippen molar-refractivity contribution in [2.24, 2.45) is 0 Å². The van der Waals surface area contributed by atoms with Crippen molar-refractivity contribution in [3.63, 3.8) is 0 Å². The summed E-state index contributed by atoms with van der Waals surface area (Å²) in [6.45, 7) is 3.55. The Hall–Kier alpha value is -2.20. The number of amides is 1. The van der Waals surface area contributed by atoms with Crippen LogP contribution >= 0.6 is 0 Å². The number of likely N-dealkylation sites (tertiary alicyclic amines) is 1. The van der Waals surface area contributed by atoms with Crippen LogP contribution in [-0.2, 0) is 17.6 Å². The van der Waals surface area contributed by atoms with Crippen LogP contribution in [0.5, 0.6) is 0 Å². The number of nitrogens with one attached hydrogen (secondary N) is 1. The summed E-state index contributed by atoms with van der Waals surface area (Å²) in [6.07, 6.45) is 7.48. The molecular weight excluding hydrogens is 286 g/mol. The zero-order valence-electron chi connectivity index (χ0n) is 13.4. The SMILES string of the molecule is O=C(Cc1cccnc1)Nc1cccc(CCN2CCCC2)c1. The summed E-state index contributed by atoms with van der Waals surface area (Å²) in [5.41, 5.74) is 3.07. The van der Waals surface area contributed by atoms with Gasteiger partial charge in [-0.2, -0.15) is 0 Å². The van der Waals surface area contributed by atoms with E-state index in [0.717, 1.165) is 24.2 Å². The second-order valence-corrected chi connectivity index (χ2v) is 6.09. The Labute approximate surface area is 137 Å². The van der Waals surface area contributed by atoms with Crippen molar-refractivity contribution in [3.8, 4) is 0 Å². The van der Waals surface area contributed by atoms with Gasteiger partial charge in [-0.1, -0.05) is 18.2 Å². The van der Waals surface area contributed by atoms with Crippen LogP contribution in [-0.4, -0.2) is 35.4 Å². The topological polar surface area (TPSA) is 45.2 Å². The first-order valence-corrected chi connectivity index (χ1v) is 8.30. The molecule has 0 spiro atoms. The van der Waals surface area contributed by atoms with Crippen molar-refractivity contribution < 1.29 is 4.79 Å². The quantitative estimate of drug-likeness (QED) is 0.892. The van der Waals surface area contributed by atoms with Crippen LogP contribution in [0.25, 0.3) is 0 Å². The number of hydrogen-bond donors (Lipinski definition) is 1. The Morgan fingerprint density at radius 1 is 1.13 bits per heavy atom. The fourth-order valence-corrected chi connectivity index (χ4v) is 2.99. The van der Waals surface area contributed by atoms with Crippen LogP contribution in [0.2, 0.25) is 0 Å². The molecule has 2 heterocycles. The number of hydrogen-bond acceptors (Lipinski definition) is 3. The number of carbonyl (C=O) groups is 1. The molecule has 2 aromatic rings. The van der Waals surface area contributed by atoms with Crippen LogP contribution in [0.1, 0.15) is 24.0 Å². The molecular formula is C19H23N3O. The van der Waals surface area contributed by atoms with Gasteiger partial charge in [-0.25, -0.2) is 0 Å². The van der Waals surface area contributed by atoms with E-state index in [9.17, 15) is 4.79 Å². The summed E-state index contributed by atoms with van der Waals surface area (Å²) in [6, 6.07) is 11.9. The summed E-state index contributed by atoms with van der Waals surface area (Å²) in [4.78, 5) is 18.7. The third-order valence-corrected chi connectivity index (χ3v) is 4.21. The van der Waals surface area contributed by atoms with E-state index in [4.69, 9.17) is 0 Å². The maximum atomic E-state index is 12.1. The van der Waals surface area contributed by atoms with Crippen molar-refractivity contribution in [2.75, 3.05) is 25.0 Å². The van der Waals surface area contributed by atoms with Gasteiger partial charge in [0, 0.05) is 24.6 Å². The lowest BCUT2D eigenvalue weighted by Crippen LogP contribution is -2.22. The monoisotopic (exact) mass is 309 g/mol. The van der Waals surface area contributed by atoms with Gasteiger partial charge in [0.2, 0.25) is 5.91 Å². The minimum absolute atomic E-state index is 0.00491. The standard InChI is InChI=1S/C19H23N3O/c23-19(14-17-6-4-9-20-15-17)21-18-7-3-5-16(13-18)8-12-22-10-1-2-11-22/h3-7,9,13,15H,1-2,8,10-12,14H2,(H,21,23). The van der Waals surface area contributed by atoms with Gasteiger partial charge < -0.3 is 10.2 Å². The fourth-order valence-electron chi connectivity index (χ4n) is 2.99. The van der Waals surface area contributed by atoms with E-state index in [-0.39, 0.29) is 5.91 Å². The van der Waals surface area contributed by atoms with Gasteiger partial charge in [-0.05, 0) is 61.7 Å². The number of benzene rings is 1. The summed E-state index contributed by atoms with van der Waals surface area (Å²) in [5, 5.41) is 2.98. The lowest BCUT2D eigenvalue weighted by molar-refractivity contribution is -0.115. The van der Waals surface area contributed by atoms with Gasteiger partial charge >= 0.3 is 0 Å². The largest absolute Gasteiger partial charge is 0.326 e. The number of rotatable bonds is 6. The lowest BCUT2D eigenvalue weighted by atomic mass is 10.1. The molecule has 4 heteroatoms. The van der Waals surface area contributed by atoms with Crippen LogP contribution in [0, 0.1) is 0 Å². The molecule has 0 atom stereocenters. The highest BCUT2D eigenvalue weighted by atomic mass is 16.1. The first-order valence-electron chi connectivity index (χ1n) is 8.30. The summed E-state index contributed by atoms with van der Waals surface area (Å²) < 4.78 is 0. The Balaban J connectivity index is 1.53. The Morgan fingerprint density at radius 3 is 2.74 bits per heavy atom. The van der Waals surface area contributed by atoms with Gasteiger partial charge in [0.15, 0.2) is 0 Å². The highest BCUT2D eigenvalue weighted by Crippen LogP contribution is 2.14. The van der Waals surface area contributed by atoms with Crippen molar-refractivity contribution in [1.82, 2.24) is 9.88 Å². The van der Waals surface area contributed by atoms with Crippen molar-refractivity contribution in [3.05, 3.63) is 59.9 Å². The smallest absolute Gasteiger partial charge is 0.228 e. The molecule has 0 bridgehead atoms. The molecule has 0 unspecified atom stereocenters. The molecule has 1 aliphatic heterocycles. The first kappa shape index (κ1) is 15.7. The summed E-state index contributed by atoms with van der Waals surface area (Å²) >= 11 is 0. The number of pyridine rings is 1. The molecule has 1 aliphatic rings. The molecule has 120 valence electrons. The van der Waals surface area contributed by atoms with Gasteiger partial charge in [0.05, 0.1) is 6.42 Å². The first-order chi connectivity index (χ1) is 11.3. The zero-order valence-corrected chi connectivity index (χ0v) is 13.4. The Kier molecular flexibility index (Phi) is 5.37. The fraction of sp³-hybridized carbons (Fsp3) is 0.368. The Morgan fingerprint density at radius 2 is 1.96 bits per heavy atom. The summed E-state index contributed by atoms with van der Waals surface area (Å²) in [7, 11) is 0. The molecule has 3 rings (SSSR count).